The van der Waals surface area contributed by atoms with Gasteiger partial charge in [0.2, 0.25) is 10.0 Å². The number of sulfonamides is 1. The van der Waals surface area contributed by atoms with Crippen LogP contribution in [0.4, 0.5) is 10.1 Å². The highest BCUT2D eigenvalue weighted by atomic mass is 79.9. The molecule has 0 unspecified atom stereocenters. The Morgan fingerprint density at radius 1 is 1.53 bits per heavy atom. The van der Waals surface area contributed by atoms with Crippen molar-refractivity contribution in [1.29, 1.82) is 0 Å². The number of carbonyl (C=O) groups is 1. The first-order valence-corrected chi connectivity index (χ1v) is 6.84. The Hall–Kier alpha value is -1.15. The Morgan fingerprint density at radius 2 is 2.12 bits per heavy atom. The van der Waals surface area contributed by atoms with E-state index in [9.17, 15) is 17.6 Å². The molecule has 94 valence electrons. The zero-order valence-corrected chi connectivity index (χ0v) is 11.1. The van der Waals surface area contributed by atoms with Gasteiger partial charge in [0.1, 0.15) is 5.82 Å². The third-order valence-corrected chi connectivity index (χ3v) is 3.61. The maximum absolute atomic E-state index is 13.2. The molecule has 0 aliphatic heterocycles. The first-order valence-electron chi connectivity index (χ1n) is 4.39. The summed E-state index contributed by atoms with van der Waals surface area (Å²) in [5.74, 6) is -3.18. The van der Waals surface area contributed by atoms with Crippen LogP contribution in [0.3, 0.4) is 0 Å². The normalized spacial score (nSPS) is 11.2. The lowest BCUT2D eigenvalue weighted by atomic mass is 10.2. The minimum atomic E-state index is -4.02. The molecule has 0 aromatic heterocycles. The molecule has 0 amide bonds. The second kappa shape index (κ2) is 5.01. The molecule has 1 aromatic carbocycles. The van der Waals surface area contributed by atoms with Crippen molar-refractivity contribution in [3.05, 3.63) is 28.0 Å². The predicted molar refractivity (Wildman–Crippen MR) is 63.9 cm³/mol. The fourth-order valence-electron chi connectivity index (χ4n) is 1.12. The maximum atomic E-state index is 13.2. The highest BCUT2D eigenvalue weighted by Gasteiger charge is 2.17. The number of carboxylic acid groups (broad SMARTS) is 1. The minimum Gasteiger partial charge on any atom is -0.480 e. The monoisotopic (exact) mass is 325 g/mol. The van der Waals surface area contributed by atoms with Crippen molar-refractivity contribution in [3.63, 3.8) is 0 Å². The quantitative estimate of drug-likeness (QED) is 0.882. The van der Waals surface area contributed by atoms with Crippen LogP contribution in [0, 0.1) is 12.7 Å². The summed E-state index contributed by atoms with van der Waals surface area (Å²) < 4.78 is 38.1. The summed E-state index contributed by atoms with van der Waals surface area (Å²) in [6.07, 6.45) is 0. The van der Waals surface area contributed by atoms with Gasteiger partial charge >= 0.3 is 5.97 Å². The molecule has 2 N–H and O–H groups in total. The number of halogens is 2. The van der Waals surface area contributed by atoms with Gasteiger partial charge in [0.15, 0.2) is 5.75 Å². The number of rotatable bonds is 4. The van der Waals surface area contributed by atoms with Gasteiger partial charge in [0, 0.05) is 0 Å². The van der Waals surface area contributed by atoms with Crippen molar-refractivity contribution in [2.45, 2.75) is 6.92 Å². The lowest BCUT2D eigenvalue weighted by molar-refractivity contribution is -0.134. The van der Waals surface area contributed by atoms with Crippen LogP contribution in [-0.4, -0.2) is 25.2 Å². The molecule has 8 heteroatoms. The standard InChI is InChI=1S/C9H9BrFNO4S/c1-5-2-6(10)7(11)3-8(5)12-17(15,16)4-9(13)14/h2-3,12H,4H2,1H3,(H,13,14). The summed E-state index contributed by atoms with van der Waals surface area (Å²) in [7, 11) is -4.02. The van der Waals surface area contributed by atoms with Crippen molar-refractivity contribution in [1.82, 2.24) is 0 Å². The molecule has 1 rings (SSSR count). The number of aliphatic carboxylic acids is 1. The largest absolute Gasteiger partial charge is 0.480 e. The van der Waals surface area contributed by atoms with Gasteiger partial charge in [-0.25, -0.2) is 12.8 Å². The molecule has 0 radical (unpaired) electrons. The van der Waals surface area contributed by atoms with E-state index in [-0.39, 0.29) is 10.2 Å². The van der Waals surface area contributed by atoms with Crippen molar-refractivity contribution >= 4 is 37.6 Å². The van der Waals surface area contributed by atoms with Crippen LogP contribution in [0.1, 0.15) is 5.56 Å². The van der Waals surface area contributed by atoms with E-state index in [1.54, 1.807) is 6.92 Å². The molecule has 1 aromatic rings. The average Bonchev–Trinajstić information content (AvgIpc) is 2.11. The first-order chi connectivity index (χ1) is 7.71. The topological polar surface area (TPSA) is 83.5 Å². The maximum Gasteiger partial charge on any atom is 0.320 e. The summed E-state index contributed by atoms with van der Waals surface area (Å²) in [5.41, 5.74) is 0.499. The molecule has 0 spiro atoms. The zero-order valence-electron chi connectivity index (χ0n) is 8.70. The molecule has 17 heavy (non-hydrogen) atoms. The molecule has 0 bridgehead atoms. The summed E-state index contributed by atoms with van der Waals surface area (Å²) in [6.45, 7) is 1.57. The summed E-state index contributed by atoms with van der Waals surface area (Å²) >= 11 is 2.95. The van der Waals surface area contributed by atoms with E-state index in [0.29, 0.717) is 5.56 Å². The number of aryl methyl sites for hydroxylation is 1. The van der Waals surface area contributed by atoms with Crippen molar-refractivity contribution in [3.8, 4) is 0 Å². The molecule has 5 nitrogen and oxygen atoms in total. The number of anilines is 1. The van der Waals surface area contributed by atoms with E-state index in [1.807, 2.05) is 4.72 Å². The van der Waals surface area contributed by atoms with E-state index in [0.717, 1.165) is 6.07 Å². The lowest BCUT2D eigenvalue weighted by Crippen LogP contribution is -2.22. The molecular weight excluding hydrogens is 317 g/mol. The zero-order chi connectivity index (χ0) is 13.2. The van der Waals surface area contributed by atoms with Gasteiger partial charge < -0.3 is 5.11 Å². The van der Waals surface area contributed by atoms with Gasteiger partial charge in [0.25, 0.3) is 0 Å². The van der Waals surface area contributed by atoms with Gasteiger partial charge in [-0.15, -0.1) is 0 Å². The van der Waals surface area contributed by atoms with Gasteiger partial charge in [-0.2, -0.15) is 0 Å². The fraction of sp³-hybridized carbons (Fsp3) is 0.222. The highest BCUT2D eigenvalue weighted by molar-refractivity contribution is 9.10. The molecule has 0 aliphatic carbocycles. The van der Waals surface area contributed by atoms with Crippen molar-refractivity contribution < 1.29 is 22.7 Å². The van der Waals surface area contributed by atoms with Crippen LogP contribution in [0.2, 0.25) is 0 Å². The second-order valence-electron chi connectivity index (χ2n) is 3.34. The minimum absolute atomic E-state index is 0.0203. The van der Waals surface area contributed by atoms with Crippen LogP contribution < -0.4 is 4.72 Å². The average molecular weight is 326 g/mol. The molecule has 0 heterocycles. The highest BCUT2D eigenvalue weighted by Crippen LogP contribution is 2.24. The Kier molecular flexibility index (Phi) is 4.10. The third-order valence-electron chi connectivity index (χ3n) is 1.85. The molecule has 0 aliphatic rings. The number of benzene rings is 1. The third kappa shape index (κ3) is 3.97. The molecule has 0 saturated heterocycles. The van der Waals surface area contributed by atoms with Crippen LogP contribution in [0.5, 0.6) is 0 Å². The van der Waals surface area contributed by atoms with Gasteiger partial charge in [0.05, 0.1) is 10.2 Å². The van der Waals surface area contributed by atoms with E-state index >= 15 is 0 Å². The summed E-state index contributed by atoms with van der Waals surface area (Å²) in [4.78, 5) is 10.3. The number of nitrogens with one attached hydrogen (secondary N) is 1. The SMILES string of the molecule is Cc1cc(Br)c(F)cc1NS(=O)(=O)CC(=O)O. The lowest BCUT2D eigenvalue weighted by Gasteiger charge is -2.10. The van der Waals surface area contributed by atoms with E-state index in [4.69, 9.17) is 5.11 Å². The van der Waals surface area contributed by atoms with Crippen LogP contribution in [-0.2, 0) is 14.8 Å². The van der Waals surface area contributed by atoms with Crippen molar-refractivity contribution in [2.75, 3.05) is 10.5 Å². The Labute approximate surface area is 106 Å². The summed E-state index contributed by atoms with van der Waals surface area (Å²) in [5, 5.41) is 8.39. The van der Waals surface area contributed by atoms with E-state index in [2.05, 4.69) is 15.9 Å². The smallest absolute Gasteiger partial charge is 0.320 e. The Balaban J connectivity index is 3.04. The van der Waals surface area contributed by atoms with Gasteiger partial charge in [-0.1, -0.05) is 0 Å². The van der Waals surface area contributed by atoms with Crippen LogP contribution in [0.15, 0.2) is 16.6 Å². The van der Waals surface area contributed by atoms with E-state index in [1.165, 1.54) is 6.07 Å². The number of carboxylic acids is 1. The van der Waals surface area contributed by atoms with Crippen molar-refractivity contribution in [2.24, 2.45) is 0 Å². The summed E-state index contributed by atoms with van der Waals surface area (Å²) in [6, 6.07) is 2.38. The molecular formula is C9H9BrFNO4S. The van der Waals surface area contributed by atoms with Gasteiger partial charge in [-0.05, 0) is 40.5 Å². The Bertz CT molecular complexity index is 558. The predicted octanol–water partition coefficient (Wildman–Crippen LogP) is 1.72. The van der Waals surface area contributed by atoms with Crippen LogP contribution in [0.25, 0.3) is 0 Å². The number of hydrogen-bond donors (Lipinski definition) is 2. The van der Waals surface area contributed by atoms with Gasteiger partial charge in [-0.3, -0.25) is 9.52 Å². The molecule has 0 fully saturated rings. The molecule has 0 saturated carbocycles. The Morgan fingerprint density at radius 3 is 2.65 bits per heavy atom. The second-order valence-corrected chi connectivity index (χ2v) is 5.91. The molecule has 0 atom stereocenters. The fourth-order valence-corrected chi connectivity index (χ4v) is 2.53. The number of hydrogen-bond acceptors (Lipinski definition) is 3. The van der Waals surface area contributed by atoms with E-state index < -0.39 is 27.6 Å². The van der Waals surface area contributed by atoms with Crippen LogP contribution >= 0.6 is 15.9 Å². The first kappa shape index (κ1) is 13.9.